The minimum atomic E-state index is -0.656. The van der Waals surface area contributed by atoms with E-state index in [1.807, 2.05) is 0 Å². The maximum absolute atomic E-state index is 12.3. The summed E-state index contributed by atoms with van der Waals surface area (Å²) in [5.74, 6) is -0.108. The number of fused-ring (bicyclic) bond motifs is 1. The third-order valence-electron chi connectivity index (χ3n) is 4.90. The first-order valence-electron chi connectivity index (χ1n) is 7.95. The van der Waals surface area contributed by atoms with E-state index in [1.54, 1.807) is 14.2 Å². The fourth-order valence-electron chi connectivity index (χ4n) is 3.76. The lowest BCUT2D eigenvalue weighted by Gasteiger charge is -2.35. The van der Waals surface area contributed by atoms with Crippen LogP contribution in [-0.2, 0) is 28.5 Å². The molecule has 2 aliphatic rings. The topological polar surface area (TPSA) is 71.1 Å². The minimum absolute atomic E-state index is 0.0182. The molecule has 2 rings (SSSR count). The number of carbonyl (C=O) groups excluding carboxylic acids is 2. The van der Waals surface area contributed by atoms with Crippen LogP contribution in [0.15, 0.2) is 0 Å². The maximum Gasteiger partial charge on any atom is 0.305 e. The van der Waals surface area contributed by atoms with Crippen LogP contribution in [0.25, 0.3) is 0 Å². The molecular weight excluding hydrogens is 415 g/mol. The van der Waals surface area contributed by atoms with Crippen molar-refractivity contribution in [2.24, 2.45) is 5.92 Å². The Labute approximate surface area is 150 Å². The van der Waals surface area contributed by atoms with Crippen LogP contribution in [0, 0.1) is 5.92 Å². The van der Waals surface area contributed by atoms with Gasteiger partial charge in [-0.25, -0.2) is 0 Å². The number of esters is 1. The van der Waals surface area contributed by atoms with Crippen LogP contribution >= 0.6 is 22.6 Å². The molecular formula is C16H25IO6. The van der Waals surface area contributed by atoms with Crippen LogP contribution in [0.2, 0.25) is 0 Å². The zero-order chi connectivity index (χ0) is 17.0. The molecule has 0 spiro atoms. The van der Waals surface area contributed by atoms with Gasteiger partial charge in [0.05, 0.1) is 19.1 Å². The summed E-state index contributed by atoms with van der Waals surface area (Å²) in [7, 11) is 4.56. The Bertz CT molecular complexity index is 438. The zero-order valence-electron chi connectivity index (χ0n) is 13.9. The lowest BCUT2D eigenvalue weighted by atomic mass is 9.88. The number of ketones is 1. The predicted octanol–water partition coefficient (Wildman–Crippen LogP) is 2.26. The van der Waals surface area contributed by atoms with Gasteiger partial charge in [-0.2, -0.15) is 0 Å². The smallest absolute Gasteiger partial charge is 0.305 e. The summed E-state index contributed by atoms with van der Waals surface area (Å²) in [6.45, 7) is 0. The molecule has 1 aliphatic carbocycles. The number of hydrogen-bond donors (Lipinski definition) is 0. The van der Waals surface area contributed by atoms with Gasteiger partial charge in [0.25, 0.3) is 0 Å². The van der Waals surface area contributed by atoms with Crippen molar-refractivity contribution in [1.82, 2.24) is 0 Å². The van der Waals surface area contributed by atoms with E-state index in [-0.39, 0.29) is 27.7 Å². The second-order valence-electron chi connectivity index (χ2n) is 6.15. The van der Waals surface area contributed by atoms with Crippen LogP contribution in [0.1, 0.15) is 38.5 Å². The average Bonchev–Trinajstić information content (AvgIpc) is 3.07. The van der Waals surface area contributed by atoms with Crippen molar-refractivity contribution in [3.8, 4) is 0 Å². The summed E-state index contributed by atoms with van der Waals surface area (Å²) in [5, 5.41) is 0. The molecule has 1 heterocycles. The van der Waals surface area contributed by atoms with Gasteiger partial charge < -0.3 is 18.9 Å². The van der Waals surface area contributed by atoms with Gasteiger partial charge in [-0.3, -0.25) is 9.59 Å². The molecule has 0 aromatic rings. The Morgan fingerprint density at radius 1 is 1.39 bits per heavy atom. The Balaban J connectivity index is 1.98. The van der Waals surface area contributed by atoms with E-state index in [0.717, 1.165) is 12.8 Å². The molecule has 0 bridgehead atoms. The van der Waals surface area contributed by atoms with Gasteiger partial charge >= 0.3 is 5.97 Å². The number of ether oxygens (including phenoxy) is 4. The fraction of sp³-hybridized carbons (Fsp3) is 0.875. The molecule has 4 atom stereocenters. The highest BCUT2D eigenvalue weighted by Gasteiger charge is 2.61. The molecule has 1 aliphatic heterocycles. The van der Waals surface area contributed by atoms with Gasteiger partial charge in [-0.1, -0.05) is 22.6 Å². The molecule has 1 saturated carbocycles. The van der Waals surface area contributed by atoms with Crippen LogP contribution in [0.5, 0.6) is 0 Å². The first-order valence-corrected chi connectivity index (χ1v) is 9.20. The Morgan fingerprint density at radius 3 is 2.70 bits per heavy atom. The van der Waals surface area contributed by atoms with E-state index in [9.17, 15) is 9.59 Å². The largest absolute Gasteiger partial charge is 0.469 e. The van der Waals surface area contributed by atoms with E-state index in [4.69, 9.17) is 14.2 Å². The first kappa shape index (κ1) is 19.1. The molecule has 7 heteroatoms. The summed E-state index contributed by atoms with van der Waals surface area (Å²) in [6.07, 6.45) is 3.34. The van der Waals surface area contributed by atoms with Crippen molar-refractivity contribution in [3.05, 3.63) is 0 Å². The molecule has 0 radical (unpaired) electrons. The SMILES string of the molecule is COC(=O)CCCC(I)C1CC2C(=O)CCC2(C(OC)OC)O1. The van der Waals surface area contributed by atoms with Crippen LogP contribution in [0.3, 0.4) is 0 Å². The number of alkyl halides is 1. The standard InChI is InChI=1S/C16H25IO6/c1-20-14(19)6-4-5-11(17)13-9-10-12(18)7-8-16(10,23-13)15(21-2)22-3/h10-11,13,15H,4-9H2,1-3H3. The Hall–Kier alpha value is -0.250. The molecule has 0 N–H and O–H groups in total. The molecule has 132 valence electrons. The van der Waals surface area contributed by atoms with Gasteiger partial charge in [-0.05, 0) is 25.7 Å². The second kappa shape index (κ2) is 8.22. The van der Waals surface area contributed by atoms with E-state index >= 15 is 0 Å². The van der Waals surface area contributed by atoms with Crippen molar-refractivity contribution >= 4 is 34.3 Å². The Morgan fingerprint density at radius 2 is 2.09 bits per heavy atom. The summed E-state index contributed by atoms with van der Waals surface area (Å²) in [4.78, 5) is 23.5. The molecule has 23 heavy (non-hydrogen) atoms. The highest BCUT2D eigenvalue weighted by Crippen LogP contribution is 2.50. The first-order chi connectivity index (χ1) is 11.0. The lowest BCUT2D eigenvalue weighted by Crippen LogP contribution is -2.47. The zero-order valence-corrected chi connectivity index (χ0v) is 16.0. The summed E-state index contributed by atoms with van der Waals surface area (Å²) < 4.78 is 22.1. The maximum atomic E-state index is 12.3. The molecule has 6 nitrogen and oxygen atoms in total. The van der Waals surface area contributed by atoms with Crippen molar-refractivity contribution in [1.29, 1.82) is 0 Å². The normalized spacial score (nSPS) is 31.4. The molecule has 4 unspecified atom stereocenters. The number of hydrogen-bond acceptors (Lipinski definition) is 6. The highest BCUT2D eigenvalue weighted by molar-refractivity contribution is 14.1. The number of carbonyl (C=O) groups is 2. The Kier molecular flexibility index (Phi) is 6.82. The van der Waals surface area contributed by atoms with Crippen LogP contribution in [-0.4, -0.2) is 55.0 Å². The molecule has 0 aromatic heterocycles. The van der Waals surface area contributed by atoms with E-state index in [1.165, 1.54) is 7.11 Å². The van der Waals surface area contributed by atoms with E-state index in [0.29, 0.717) is 25.7 Å². The molecule has 0 amide bonds. The van der Waals surface area contributed by atoms with E-state index < -0.39 is 11.9 Å². The molecule has 1 saturated heterocycles. The van der Waals surface area contributed by atoms with Gasteiger partial charge in [0.15, 0.2) is 6.29 Å². The third-order valence-corrected chi connectivity index (χ3v) is 6.32. The van der Waals surface area contributed by atoms with Crippen LogP contribution in [0.4, 0.5) is 0 Å². The van der Waals surface area contributed by atoms with Gasteiger partial charge in [0, 0.05) is 31.0 Å². The predicted molar refractivity (Wildman–Crippen MR) is 91.4 cm³/mol. The van der Waals surface area contributed by atoms with Gasteiger partial charge in [0.2, 0.25) is 0 Å². The minimum Gasteiger partial charge on any atom is -0.469 e. The summed E-state index contributed by atoms with van der Waals surface area (Å²) in [6, 6.07) is 0. The van der Waals surface area contributed by atoms with E-state index in [2.05, 4.69) is 27.3 Å². The average molecular weight is 440 g/mol. The van der Waals surface area contributed by atoms with Gasteiger partial charge in [-0.15, -0.1) is 0 Å². The fourth-order valence-corrected chi connectivity index (χ4v) is 4.64. The second-order valence-corrected chi connectivity index (χ2v) is 7.75. The number of Topliss-reactive ketones (excluding diaryl/α,β-unsaturated/α-hetero) is 1. The third kappa shape index (κ3) is 3.88. The number of rotatable bonds is 8. The summed E-state index contributed by atoms with van der Waals surface area (Å²) >= 11 is 2.35. The number of halogens is 1. The summed E-state index contributed by atoms with van der Waals surface area (Å²) in [5.41, 5.74) is -0.656. The van der Waals surface area contributed by atoms with Crippen LogP contribution < -0.4 is 0 Å². The van der Waals surface area contributed by atoms with Crippen molar-refractivity contribution in [3.63, 3.8) is 0 Å². The lowest BCUT2D eigenvalue weighted by molar-refractivity contribution is -0.233. The number of methoxy groups -OCH3 is 3. The highest BCUT2D eigenvalue weighted by atomic mass is 127. The van der Waals surface area contributed by atoms with Gasteiger partial charge in [0.1, 0.15) is 11.4 Å². The molecule has 2 fully saturated rings. The monoisotopic (exact) mass is 440 g/mol. The van der Waals surface area contributed by atoms with Crippen molar-refractivity contribution in [2.45, 2.75) is 60.4 Å². The van der Waals surface area contributed by atoms with Crippen molar-refractivity contribution < 1.29 is 28.5 Å². The van der Waals surface area contributed by atoms with Crippen molar-refractivity contribution in [2.75, 3.05) is 21.3 Å². The quantitative estimate of drug-likeness (QED) is 0.250. The molecule has 0 aromatic carbocycles.